The number of unbranched alkanes of at least 4 members (excludes halogenated alkanes) is 1. The normalized spacial score (nSPS) is 10.9. The summed E-state index contributed by atoms with van der Waals surface area (Å²) in [4.78, 5) is 8.83. The second-order valence-electron chi connectivity index (χ2n) is 3.79. The molecule has 0 saturated heterocycles. The highest BCUT2D eigenvalue weighted by molar-refractivity contribution is 9.10. The van der Waals surface area contributed by atoms with Crippen LogP contribution < -0.4 is 5.73 Å². The fourth-order valence-electron chi connectivity index (χ4n) is 1.62. The van der Waals surface area contributed by atoms with E-state index >= 15 is 0 Å². The van der Waals surface area contributed by atoms with Gasteiger partial charge >= 0.3 is 0 Å². The number of hydrogen-bond acceptors (Lipinski definition) is 3. The number of nitrogens with zero attached hydrogens (tertiary/aromatic N) is 2. The van der Waals surface area contributed by atoms with Gasteiger partial charge < -0.3 is 5.73 Å². The lowest BCUT2D eigenvalue weighted by Crippen LogP contribution is -2.01. The van der Waals surface area contributed by atoms with Crippen molar-refractivity contribution in [3.05, 3.63) is 28.5 Å². The molecule has 0 amide bonds. The molecule has 1 aromatic carbocycles. The quantitative estimate of drug-likeness (QED) is 0.938. The molecule has 2 aromatic rings. The van der Waals surface area contributed by atoms with Gasteiger partial charge in [-0.05, 0) is 24.6 Å². The predicted octanol–water partition coefficient (Wildman–Crippen LogP) is 3.32. The summed E-state index contributed by atoms with van der Waals surface area (Å²) in [5.74, 6) is 1.41. The summed E-state index contributed by atoms with van der Waals surface area (Å²) >= 11 is 3.43. The largest absolute Gasteiger partial charge is 0.383 e. The van der Waals surface area contributed by atoms with E-state index in [1.807, 2.05) is 18.2 Å². The minimum Gasteiger partial charge on any atom is -0.383 e. The maximum atomic E-state index is 5.91. The number of aromatic nitrogens is 2. The van der Waals surface area contributed by atoms with Crippen LogP contribution in [0.4, 0.5) is 5.82 Å². The van der Waals surface area contributed by atoms with E-state index in [9.17, 15) is 0 Å². The number of halogens is 1. The van der Waals surface area contributed by atoms with Gasteiger partial charge in [-0.3, -0.25) is 0 Å². The summed E-state index contributed by atoms with van der Waals surface area (Å²) in [5, 5.41) is 0.920. The first-order valence-electron chi connectivity index (χ1n) is 5.42. The molecule has 0 fully saturated rings. The number of anilines is 1. The molecular weight excluding hydrogens is 266 g/mol. The van der Waals surface area contributed by atoms with Crippen LogP contribution in [0.25, 0.3) is 10.9 Å². The van der Waals surface area contributed by atoms with Gasteiger partial charge in [-0.25, -0.2) is 9.97 Å². The van der Waals surface area contributed by atoms with Crippen molar-refractivity contribution in [2.24, 2.45) is 0 Å². The molecule has 1 heterocycles. The molecule has 2 N–H and O–H groups in total. The Morgan fingerprint density at radius 3 is 2.88 bits per heavy atom. The SMILES string of the molecule is CCCCc1nc(N)c2ccc(Br)cc2n1. The van der Waals surface area contributed by atoms with Crippen LogP contribution in [-0.4, -0.2) is 9.97 Å². The van der Waals surface area contributed by atoms with Crippen LogP contribution in [0, 0.1) is 0 Å². The average Bonchev–Trinajstić information content (AvgIpc) is 2.25. The summed E-state index contributed by atoms with van der Waals surface area (Å²) in [6.45, 7) is 2.15. The Labute approximate surface area is 103 Å². The van der Waals surface area contributed by atoms with Crippen molar-refractivity contribution in [1.29, 1.82) is 0 Å². The van der Waals surface area contributed by atoms with Crippen molar-refractivity contribution >= 4 is 32.7 Å². The van der Waals surface area contributed by atoms with Crippen LogP contribution in [0.3, 0.4) is 0 Å². The lowest BCUT2D eigenvalue weighted by molar-refractivity contribution is 0.758. The predicted molar refractivity (Wildman–Crippen MR) is 70.3 cm³/mol. The highest BCUT2D eigenvalue weighted by Gasteiger charge is 2.05. The second kappa shape index (κ2) is 4.78. The minimum atomic E-state index is 0.573. The first kappa shape index (κ1) is 11.3. The van der Waals surface area contributed by atoms with Crippen LogP contribution in [0.1, 0.15) is 25.6 Å². The molecule has 0 aliphatic heterocycles. The van der Waals surface area contributed by atoms with Crippen LogP contribution in [0.5, 0.6) is 0 Å². The van der Waals surface area contributed by atoms with Gasteiger partial charge in [-0.2, -0.15) is 0 Å². The number of fused-ring (bicyclic) bond motifs is 1. The molecule has 0 bridgehead atoms. The van der Waals surface area contributed by atoms with Gasteiger partial charge in [0.25, 0.3) is 0 Å². The number of nitrogens with two attached hydrogens (primary N) is 1. The maximum Gasteiger partial charge on any atom is 0.135 e. The van der Waals surface area contributed by atoms with Gasteiger partial charge in [-0.1, -0.05) is 29.3 Å². The zero-order valence-corrected chi connectivity index (χ0v) is 10.8. The lowest BCUT2D eigenvalue weighted by Gasteiger charge is -2.05. The Balaban J connectivity index is 2.47. The monoisotopic (exact) mass is 279 g/mol. The van der Waals surface area contributed by atoms with Crippen molar-refractivity contribution in [3.8, 4) is 0 Å². The molecule has 1 aromatic heterocycles. The number of rotatable bonds is 3. The third-order valence-corrected chi connectivity index (χ3v) is 2.98. The van der Waals surface area contributed by atoms with Gasteiger partial charge in [-0.15, -0.1) is 0 Å². The molecule has 0 atom stereocenters. The van der Waals surface area contributed by atoms with E-state index < -0.39 is 0 Å². The van der Waals surface area contributed by atoms with Gasteiger partial charge in [0.1, 0.15) is 11.6 Å². The molecule has 4 heteroatoms. The van der Waals surface area contributed by atoms with Gasteiger partial charge in [0.2, 0.25) is 0 Å². The number of benzene rings is 1. The Kier molecular flexibility index (Phi) is 3.39. The Morgan fingerprint density at radius 2 is 2.12 bits per heavy atom. The number of aryl methyl sites for hydroxylation is 1. The Morgan fingerprint density at radius 1 is 1.31 bits per heavy atom. The summed E-state index contributed by atoms with van der Waals surface area (Å²) in [5.41, 5.74) is 6.82. The molecule has 0 aliphatic carbocycles. The molecule has 0 saturated carbocycles. The molecule has 0 spiro atoms. The topological polar surface area (TPSA) is 51.8 Å². The molecule has 84 valence electrons. The van der Waals surface area contributed by atoms with Crippen molar-refractivity contribution < 1.29 is 0 Å². The van der Waals surface area contributed by atoms with E-state index in [-0.39, 0.29) is 0 Å². The molecule has 0 unspecified atom stereocenters. The third kappa shape index (κ3) is 2.32. The summed E-state index contributed by atoms with van der Waals surface area (Å²) in [6, 6.07) is 5.87. The van der Waals surface area contributed by atoms with Crippen LogP contribution in [0.2, 0.25) is 0 Å². The molecule has 2 rings (SSSR count). The van der Waals surface area contributed by atoms with Crippen molar-refractivity contribution in [2.75, 3.05) is 5.73 Å². The Bertz CT molecular complexity index is 511. The van der Waals surface area contributed by atoms with Gasteiger partial charge in [0, 0.05) is 16.3 Å². The zero-order chi connectivity index (χ0) is 11.5. The standard InChI is InChI=1S/C12H14BrN3/c1-2-3-4-11-15-10-7-8(13)5-6-9(10)12(14)16-11/h5-7H,2-4H2,1H3,(H2,14,15,16). The maximum absolute atomic E-state index is 5.91. The number of hydrogen-bond donors (Lipinski definition) is 1. The van der Waals surface area contributed by atoms with E-state index in [4.69, 9.17) is 5.73 Å². The number of nitrogen functional groups attached to an aromatic ring is 1. The van der Waals surface area contributed by atoms with Gasteiger partial charge in [0.15, 0.2) is 0 Å². The summed E-state index contributed by atoms with van der Waals surface area (Å²) < 4.78 is 1.01. The molecule has 0 radical (unpaired) electrons. The Hall–Kier alpha value is -1.16. The van der Waals surface area contributed by atoms with Crippen LogP contribution in [0.15, 0.2) is 22.7 Å². The van der Waals surface area contributed by atoms with Crippen molar-refractivity contribution in [2.45, 2.75) is 26.2 Å². The molecule has 16 heavy (non-hydrogen) atoms. The highest BCUT2D eigenvalue weighted by atomic mass is 79.9. The van der Waals surface area contributed by atoms with Crippen LogP contribution >= 0.6 is 15.9 Å². The van der Waals surface area contributed by atoms with Crippen molar-refractivity contribution in [3.63, 3.8) is 0 Å². The first-order chi connectivity index (χ1) is 7.70. The van der Waals surface area contributed by atoms with Crippen LogP contribution in [-0.2, 0) is 6.42 Å². The smallest absolute Gasteiger partial charge is 0.135 e. The average molecular weight is 280 g/mol. The third-order valence-electron chi connectivity index (χ3n) is 2.49. The fraction of sp³-hybridized carbons (Fsp3) is 0.333. The molecular formula is C12H14BrN3. The van der Waals surface area contributed by atoms with E-state index in [0.29, 0.717) is 5.82 Å². The highest BCUT2D eigenvalue weighted by Crippen LogP contribution is 2.22. The van der Waals surface area contributed by atoms with E-state index in [0.717, 1.165) is 40.5 Å². The van der Waals surface area contributed by atoms with Crippen molar-refractivity contribution in [1.82, 2.24) is 9.97 Å². The van der Waals surface area contributed by atoms with E-state index in [1.165, 1.54) is 0 Å². The zero-order valence-electron chi connectivity index (χ0n) is 9.20. The van der Waals surface area contributed by atoms with Gasteiger partial charge in [0.05, 0.1) is 5.52 Å². The second-order valence-corrected chi connectivity index (χ2v) is 4.71. The van der Waals surface area contributed by atoms with E-state index in [2.05, 4.69) is 32.8 Å². The fourth-order valence-corrected chi connectivity index (χ4v) is 1.97. The molecule has 0 aliphatic rings. The lowest BCUT2D eigenvalue weighted by atomic mass is 10.2. The summed E-state index contributed by atoms with van der Waals surface area (Å²) in [7, 11) is 0. The molecule has 3 nitrogen and oxygen atoms in total. The van der Waals surface area contributed by atoms with E-state index in [1.54, 1.807) is 0 Å². The first-order valence-corrected chi connectivity index (χ1v) is 6.21. The minimum absolute atomic E-state index is 0.573. The summed E-state index contributed by atoms with van der Waals surface area (Å²) in [6.07, 6.45) is 3.13.